The van der Waals surface area contributed by atoms with Crippen molar-refractivity contribution in [2.45, 2.75) is 26.5 Å². The third kappa shape index (κ3) is 3.90. The molecule has 1 aromatic rings. The highest BCUT2D eigenvalue weighted by Gasteiger charge is 2.15. The number of nitrogens with one attached hydrogen (secondary N) is 1. The molecule has 1 fully saturated rings. The molecule has 1 aliphatic rings. The van der Waals surface area contributed by atoms with Gasteiger partial charge in [-0.25, -0.2) is 9.67 Å². The topological polar surface area (TPSA) is 52.0 Å². The molecule has 0 aromatic carbocycles. The van der Waals surface area contributed by atoms with Crippen molar-refractivity contribution in [1.82, 2.24) is 20.1 Å². The normalized spacial score (nSPS) is 19.8. The van der Waals surface area contributed by atoms with Crippen LogP contribution in [0.1, 0.15) is 11.6 Å². The van der Waals surface area contributed by atoms with E-state index in [4.69, 9.17) is 4.74 Å². The van der Waals surface area contributed by atoms with Crippen LogP contribution >= 0.6 is 24.8 Å². The smallest absolute Gasteiger partial charge is 0.147 e. The number of aryl methyl sites for hydroxylation is 2. The standard InChI is InChI=1S/C9H16N4O.2ClH/c1-7-11-8(2)13(12-7)6-9-5-10-3-4-14-9;;/h9-10H,3-6H2,1-2H3;2*1H. The molecule has 94 valence electrons. The number of rotatable bonds is 2. The summed E-state index contributed by atoms with van der Waals surface area (Å²) in [6.07, 6.45) is 0.226. The molecule has 2 heterocycles. The second-order valence-corrected chi connectivity index (χ2v) is 3.59. The molecule has 0 spiro atoms. The molecule has 0 saturated carbocycles. The third-order valence-corrected chi connectivity index (χ3v) is 2.34. The van der Waals surface area contributed by atoms with E-state index >= 15 is 0 Å². The molecule has 0 amide bonds. The number of aromatic nitrogens is 3. The van der Waals surface area contributed by atoms with Crippen LogP contribution in [0.4, 0.5) is 0 Å². The molecule has 1 atom stereocenters. The van der Waals surface area contributed by atoms with E-state index < -0.39 is 0 Å². The molecule has 0 radical (unpaired) electrons. The molecule has 1 N–H and O–H groups in total. The first-order valence-corrected chi connectivity index (χ1v) is 4.96. The zero-order valence-corrected chi connectivity index (χ0v) is 11.1. The van der Waals surface area contributed by atoms with Gasteiger partial charge in [0.2, 0.25) is 0 Å². The zero-order chi connectivity index (χ0) is 9.97. The summed E-state index contributed by atoms with van der Waals surface area (Å²) >= 11 is 0. The van der Waals surface area contributed by atoms with Crippen LogP contribution in [0, 0.1) is 13.8 Å². The lowest BCUT2D eigenvalue weighted by molar-refractivity contribution is 0.0157. The second kappa shape index (κ2) is 7.06. The molecule has 7 heteroatoms. The Kier molecular flexibility index (Phi) is 6.90. The number of morpholine rings is 1. The number of ether oxygens (including phenoxy) is 1. The molecule has 1 aromatic heterocycles. The van der Waals surface area contributed by atoms with Gasteiger partial charge in [-0.05, 0) is 13.8 Å². The summed E-state index contributed by atoms with van der Waals surface area (Å²) in [4.78, 5) is 4.25. The quantitative estimate of drug-likeness (QED) is 0.860. The Labute approximate surface area is 108 Å². The predicted molar refractivity (Wildman–Crippen MR) is 66.6 cm³/mol. The van der Waals surface area contributed by atoms with Gasteiger partial charge >= 0.3 is 0 Å². The van der Waals surface area contributed by atoms with Crippen LogP contribution in [-0.2, 0) is 11.3 Å². The van der Waals surface area contributed by atoms with Gasteiger partial charge in [0.05, 0.1) is 19.3 Å². The summed E-state index contributed by atoms with van der Waals surface area (Å²) in [5.41, 5.74) is 0. The minimum absolute atomic E-state index is 0. The van der Waals surface area contributed by atoms with Gasteiger partial charge in [-0.2, -0.15) is 5.10 Å². The van der Waals surface area contributed by atoms with Crippen molar-refractivity contribution in [3.63, 3.8) is 0 Å². The van der Waals surface area contributed by atoms with Crippen LogP contribution in [0.25, 0.3) is 0 Å². The fraction of sp³-hybridized carbons (Fsp3) is 0.778. The van der Waals surface area contributed by atoms with E-state index in [1.54, 1.807) is 0 Å². The van der Waals surface area contributed by atoms with Gasteiger partial charge < -0.3 is 10.1 Å². The van der Waals surface area contributed by atoms with E-state index in [0.717, 1.165) is 37.9 Å². The second-order valence-electron chi connectivity index (χ2n) is 3.59. The fourth-order valence-electron chi connectivity index (χ4n) is 1.66. The summed E-state index contributed by atoms with van der Waals surface area (Å²) in [5.74, 6) is 1.78. The van der Waals surface area contributed by atoms with Crippen LogP contribution in [0.15, 0.2) is 0 Å². The van der Waals surface area contributed by atoms with Crippen molar-refractivity contribution in [2.75, 3.05) is 19.7 Å². The van der Waals surface area contributed by atoms with E-state index in [1.807, 2.05) is 18.5 Å². The maximum absolute atomic E-state index is 5.60. The van der Waals surface area contributed by atoms with Crippen LogP contribution in [-0.4, -0.2) is 40.6 Å². The monoisotopic (exact) mass is 268 g/mol. The Morgan fingerprint density at radius 2 is 2.19 bits per heavy atom. The lowest BCUT2D eigenvalue weighted by Crippen LogP contribution is -2.41. The highest BCUT2D eigenvalue weighted by atomic mass is 35.5. The lowest BCUT2D eigenvalue weighted by Gasteiger charge is -2.23. The van der Waals surface area contributed by atoms with Crippen LogP contribution in [0.2, 0.25) is 0 Å². The zero-order valence-electron chi connectivity index (χ0n) is 9.47. The van der Waals surface area contributed by atoms with E-state index in [1.165, 1.54) is 0 Å². The summed E-state index contributed by atoms with van der Waals surface area (Å²) in [7, 11) is 0. The number of hydrogen-bond donors (Lipinski definition) is 1. The van der Waals surface area contributed by atoms with Crippen molar-refractivity contribution in [2.24, 2.45) is 0 Å². The minimum atomic E-state index is 0. The summed E-state index contributed by atoms with van der Waals surface area (Å²) < 4.78 is 7.50. The number of hydrogen-bond acceptors (Lipinski definition) is 4. The van der Waals surface area contributed by atoms with E-state index in [9.17, 15) is 0 Å². The maximum atomic E-state index is 5.60. The Morgan fingerprint density at radius 3 is 2.69 bits per heavy atom. The first kappa shape index (κ1) is 15.6. The SMILES string of the molecule is Cc1nc(C)n(CC2CNCCO2)n1.Cl.Cl. The first-order valence-electron chi connectivity index (χ1n) is 4.96. The fourth-order valence-corrected chi connectivity index (χ4v) is 1.66. The average molecular weight is 269 g/mol. The predicted octanol–water partition coefficient (Wildman–Crippen LogP) is 0.727. The third-order valence-electron chi connectivity index (χ3n) is 2.34. The van der Waals surface area contributed by atoms with Crippen molar-refractivity contribution in [3.05, 3.63) is 11.6 Å². The number of halogens is 2. The molecule has 5 nitrogen and oxygen atoms in total. The molecule has 16 heavy (non-hydrogen) atoms. The molecule has 1 unspecified atom stereocenters. The molecule has 0 bridgehead atoms. The highest BCUT2D eigenvalue weighted by molar-refractivity contribution is 5.85. The molecule has 1 saturated heterocycles. The number of nitrogens with zero attached hydrogens (tertiary/aromatic N) is 3. The van der Waals surface area contributed by atoms with E-state index in [0.29, 0.717) is 0 Å². The summed E-state index contributed by atoms with van der Waals surface area (Å²) in [5, 5.41) is 7.60. The molecule has 2 rings (SSSR count). The van der Waals surface area contributed by atoms with Gasteiger partial charge in [-0.15, -0.1) is 24.8 Å². The van der Waals surface area contributed by atoms with Crippen LogP contribution in [0.3, 0.4) is 0 Å². The van der Waals surface area contributed by atoms with Gasteiger partial charge in [0, 0.05) is 13.1 Å². The summed E-state index contributed by atoms with van der Waals surface area (Å²) in [6.45, 7) is 7.31. The lowest BCUT2D eigenvalue weighted by atomic mass is 10.3. The molecular formula is C9H18Cl2N4O. The minimum Gasteiger partial charge on any atom is -0.374 e. The van der Waals surface area contributed by atoms with Gasteiger partial charge in [0.25, 0.3) is 0 Å². The van der Waals surface area contributed by atoms with Gasteiger partial charge in [0.15, 0.2) is 0 Å². The Morgan fingerprint density at radius 1 is 1.44 bits per heavy atom. The van der Waals surface area contributed by atoms with Crippen LogP contribution in [0.5, 0.6) is 0 Å². The molecular weight excluding hydrogens is 251 g/mol. The first-order chi connectivity index (χ1) is 6.75. The van der Waals surface area contributed by atoms with Crippen molar-refractivity contribution in [3.8, 4) is 0 Å². The van der Waals surface area contributed by atoms with Gasteiger partial charge in [-0.3, -0.25) is 0 Å². The van der Waals surface area contributed by atoms with Gasteiger partial charge in [0.1, 0.15) is 11.6 Å². The maximum Gasteiger partial charge on any atom is 0.147 e. The average Bonchev–Trinajstić information content (AvgIpc) is 2.47. The Hall–Kier alpha value is -0.360. The largest absolute Gasteiger partial charge is 0.374 e. The molecule has 0 aliphatic carbocycles. The van der Waals surface area contributed by atoms with E-state index in [2.05, 4.69) is 15.4 Å². The van der Waals surface area contributed by atoms with Crippen molar-refractivity contribution in [1.29, 1.82) is 0 Å². The van der Waals surface area contributed by atoms with Crippen molar-refractivity contribution < 1.29 is 4.74 Å². The Balaban J connectivity index is 0.00000112. The van der Waals surface area contributed by atoms with Gasteiger partial charge in [-0.1, -0.05) is 0 Å². The van der Waals surface area contributed by atoms with Crippen LogP contribution < -0.4 is 5.32 Å². The molecule has 1 aliphatic heterocycles. The summed E-state index contributed by atoms with van der Waals surface area (Å²) in [6, 6.07) is 0. The van der Waals surface area contributed by atoms with E-state index in [-0.39, 0.29) is 30.9 Å². The highest BCUT2D eigenvalue weighted by Crippen LogP contribution is 2.02. The Bertz CT molecular complexity index is 312. The van der Waals surface area contributed by atoms with Crippen molar-refractivity contribution >= 4 is 24.8 Å².